The van der Waals surface area contributed by atoms with Crippen LogP contribution < -0.4 is 0 Å². The van der Waals surface area contributed by atoms with E-state index in [1.807, 2.05) is 0 Å². The number of carboxylic acids is 1. The highest BCUT2D eigenvalue weighted by Gasteiger charge is 2.15. The van der Waals surface area contributed by atoms with Gasteiger partial charge >= 0.3 is 5.97 Å². The van der Waals surface area contributed by atoms with E-state index in [1.165, 1.54) is 12.1 Å². The molecule has 2 rings (SSSR count). The summed E-state index contributed by atoms with van der Waals surface area (Å²) in [6.07, 6.45) is 0.378. The van der Waals surface area contributed by atoms with Crippen molar-refractivity contribution in [3.63, 3.8) is 0 Å². The Kier molecular flexibility index (Phi) is 4.34. The van der Waals surface area contributed by atoms with Gasteiger partial charge in [-0.15, -0.1) is 10.2 Å². The molecule has 0 fully saturated rings. The van der Waals surface area contributed by atoms with Crippen LogP contribution in [0.3, 0.4) is 0 Å². The van der Waals surface area contributed by atoms with Gasteiger partial charge in [0.1, 0.15) is 5.82 Å². The van der Waals surface area contributed by atoms with Crippen molar-refractivity contribution in [1.82, 2.24) is 10.2 Å². The molecule has 0 radical (unpaired) electrons. The maximum atomic E-state index is 13.3. The van der Waals surface area contributed by atoms with Crippen molar-refractivity contribution in [2.24, 2.45) is 5.92 Å². The largest absolute Gasteiger partial charge is 0.481 e. The Labute approximate surface area is 119 Å². The number of nitrogens with zero attached hydrogens (tertiary/aromatic N) is 2. The molecule has 1 unspecified atom stereocenters. The molecule has 0 aliphatic heterocycles. The minimum Gasteiger partial charge on any atom is -0.481 e. The summed E-state index contributed by atoms with van der Waals surface area (Å²) in [6, 6.07) is 4.19. The lowest BCUT2D eigenvalue weighted by Crippen LogP contribution is -2.07. The zero-order valence-electron chi connectivity index (χ0n) is 10.6. The molecule has 1 N–H and O–H groups in total. The molecule has 0 saturated heterocycles. The molecule has 0 aliphatic rings. The van der Waals surface area contributed by atoms with E-state index >= 15 is 0 Å². The monoisotopic (exact) mass is 298 g/mol. The minimum atomic E-state index is -0.878. The van der Waals surface area contributed by atoms with Crippen LogP contribution in [-0.2, 0) is 11.2 Å². The second-order valence-electron chi connectivity index (χ2n) is 4.54. The molecule has 0 saturated carbocycles. The molecule has 1 aromatic heterocycles. The summed E-state index contributed by atoms with van der Waals surface area (Å²) in [6.45, 7) is 1.78. The third-order valence-electron chi connectivity index (χ3n) is 2.68. The van der Waals surface area contributed by atoms with Crippen molar-refractivity contribution in [2.45, 2.75) is 19.8 Å². The lowest BCUT2D eigenvalue weighted by Gasteiger charge is -2.03. The van der Waals surface area contributed by atoms with Gasteiger partial charge in [-0.1, -0.05) is 18.5 Å². The minimum absolute atomic E-state index is 0.0172. The van der Waals surface area contributed by atoms with Gasteiger partial charge in [-0.2, -0.15) is 0 Å². The summed E-state index contributed by atoms with van der Waals surface area (Å²) in [7, 11) is 0. The first-order valence-corrected chi connectivity index (χ1v) is 6.33. The van der Waals surface area contributed by atoms with Gasteiger partial charge in [0.15, 0.2) is 0 Å². The number of aromatic nitrogens is 2. The summed E-state index contributed by atoms with van der Waals surface area (Å²) < 4.78 is 18.7. The average Bonchev–Trinajstić information content (AvgIpc) is 2.80. The molecular weight excluding hydrogens is 287 g/mol. The number of carboxylic acid groups (broad SMARTS) is 1. The van der Waals surface area contributed by atoms with Crippen LogP contribution in [-0.4, -0.2) is 21.3 Å². The van der Waals surface area contributed by atoms with Crippen LogP contribution in [0.1, 0.15) is 19.2 Å². The maximum absolute atomic E-state index is 13.3. The number of hydrogen-bond donors (Lipinski definition) is 1. The summed E-state index contributed by atoms with van der Waals surface area (Å²) in [5.74, 6) is -1.06. The Hall–Kier alpha value is -1.95. The van der Waals surface area contributed by atoms with Crippen molar-refractivity contribution in [3.8, 4) is 11.5 Å². The fraction of sp³-hybridized carbons (Fsp3) is 0.308. The highest BCUT2D eigenvalue weighted by Crippen LogP contribution is 2.24. The van der Waals surface area contributed by atoms with Gasteiger partial charge in [0.2, 0.25) is 11.8 Å². The van der Waals surface area contributed by atoms with Gasteiger partial charge in [-0.25, -0.2) is 4.39 Å². The Balaban J connectivity index is 2.12. The van der Waals surface area contributed by atoms with E-state index in [2.05, 4.69) is 10.2 Å². The first kappa shape index (κ1) is 14.5. The number of carbonyl (C=O) groups is 1. The summed E-state index contributed by atoms with van der Waals surface area (Å²) in [4.78, 5) is 10.6. The smallest absolute Gasteiger partial charge is 0.303 e. The first-order valence-electron chi connectivity index (χ1n) is 5.95. The second kappa shape index (κ2) is 6.00. The number of aliphatic carboxylic acids is 1. The quantitative estimate of drug-likeness (QED) is 0.917. The van der Waals surface area contributed by atoms with Gasteiger partial charge in [-0.05, 0) is 24.1 Å². The SMILES string of the molecule is CC(CC(=O)O)Cc1nnc(-c2ccc(Cl)c(F)c2)o1. The van der Waals surface area contributed by atoms with Gasteiger partial charge in [0, 0.05) is 18.4 Å². The van der Waals surface area contributed by atoms with Crippen LogP contribution in [0, 0.1) is 11.7 Å². The van der Waals surface area contributed by atoms with Gasteiger partial charge in [0.25, 0.3) is 0 Å². The predicted molar refractivity (Wildman–Crippen MR) is 69.8 cm³/mol. The molecular formula is C13H12ClFN2O3. The lowest BCUT2D eigenvalue weighted by atomic mass is 10.0. The molecule has 106 valence electrons. The first-order chi connectivity index (χ1) is 9.45. The number of rotatable bonds is 5. The molecule has 5 nitrogen and oxygen atoms in total. The summed E-state index contributed by atoms with van der Waals surface area (Å²) in [5, 5.41) is 16.3. The van der Waals surface area contributed by atoms with Crippen LogP contribution in [0.4, 0.5) is 4.39 Å². The third kappa shape index (κ3) is 3.54. The van der Waals surface area contributed by atoms with E-state index in [0.717, 1.165) is 0 Å². The lowest BCUT2D eigenvalue weighted by molar-refractivity contribution is -0.137. The fourth-order valence-corrected chi connectivity index (χ4v) is 1.87. The maximum Gasteiger partial charge on any atom is 0.303 e. The highest BCUT2D eigenvalue weighted by atomic mass is 35.5. The van der Waals surface area contributed by atoms with E-state index in [4.69, 9.17) is 21.1 Å². The van der Waals surface area contributed by atoms with Crippen molar-refractivity contribution in [1.29, 1.82) is 0 Å². The van der Waals surface area contributed by atoms with Crippen LogP contribution in [0.25, 0.3) is 11.5 Å². The average molecular weight is 299 g/mol. The molecule has 0 aliphatic carbocycles. The van der Waals surface area contributed by atoms with E-state index < -0.39 is 11.8 Å². The molecule has 1 heterocycles. The fourth-order valence-electron chi connectivity index (χ4n) is 1.75. The predicted octanol–water partition coefficient (Wildman–Crippen LogP) is 3.18. The molecule has 7 heteroatoms. The van der Waals surface area contributed by atoms with Crippen molar-refractivity contribution < 1.29 is 18.7 Å². The van der Waals surface area contributed by atoms with E-state index in [9.17, 15) is 9.18 Å². The van der Waals surface area contributed by atoms with Gasteiger partial charge < -0.3 is 9.52 Å². The topological polar surface area (TPSA) is 76.2 Å². The van der Waals surface area contributed by atoms with Crippen molar-refractivity contribution in [3.05, 3.63) is 34.9 Å². The summed E-state index contributed by atoms with van der Waals surface area (Å²) >= 11 is 5.59. The molecule has 0 bridgehead atoms. The summed E-state index contributed by atoms with van der Waals surface area (Å²) in [5.41, 5.74) is 0.427. The molecule has 0 amide bonds. The molecule has 0 spiro atoms. The normalized spacial score (nSPS) is 12.3. The molecule has 2 aromatic rings. The Bertz CT molecular complexity index is 630. The Morgan fingerprint density at radius 1 is 1.50 bits per heavy atom. The van der Waals surface area contributed by atoms with Crippen LogP contribution in [0.5, 0.6) is 0 Å². The second-order valence-corrected chi connectivity index (χ2v) is 4.94. The number of hydrogen-bond acceptors (Lipinski definition) is 4. The van der Waals surface area contributed by atoms with Crippen LogP contribution >= 0.6 is 11.6 Å². The number of halogens is 2. The zero-order chi connectivity index (χ0) is 14.7. The Morgan fingerprint density at radius 3 is 2.90 bits per heavy atom. The number of benzene rings is 1. The van der Waals surface area contributed by atoms with Crippen LogP contribution in [0.2, 0.25) is 5.02 Å². The van der Waals surface area contributed by atoms with Crippen molar-refractivity contribution in [2.75, 3.05) is 0 Å². The van der Waals surface area contributed by atoms with E-state index in [1.54, 1.807) is 13.0 Å². The highest BCUT2D eigenvalue weighted by molar-refractivity contribution is 6.30. The van der Waals surface area contributed by atoms with Crippen molar-refractivity contribution >= 4 is 17.6 Å². The van der Waals surface area contributed by atoms with Gasteiger partial charge in [0.05, 0.1) is 5.02 Å². The molecule has 1 aromatic carbocycles. The van der Waals surface area contributed by atoms with Gasteiger partial charge in [-0.3, -0.25) is 4.79 Å². The standard InChI is InChI=1S/C13H12ClFN2O3/c1-7(5-12(18)19)4-11-16-17-13(20-11)8-2-3-9(14)10(15)6-8/h2-3,6-7H,4-5H2,1H3,(H,18,19). The third-order valence-corrected chi connectivity index (χ3v) is 2.99. The molecule has 1 atom stereocenters. The van der Waals surface area contributed by atoms with E-state index in [0.29, 0.717) is 17.9 Å². The zero-order valence-corrected chi connectivity index (χ0v) is 11.4. The van der Waals surface area contributed by atoms with Crippen LogP contribution in [0.15, 0.2) is 22.6 Å². The van der Waals surface area contributed by atoms with E-state index in [-0.39, 0.29) is 23.3 Å². The molecule has 20 heavy (non-hydrogen) atoms. The Morgan fingerprint density at radius 2 is 2.25 bits per heavy atom.